The molecule has 0 aliphatic heterocycles. The minimum atomic E-state index is 0.712. The molecule has 0 saturated carbocycles. The quantitative estimate of drug-likeness (QED) is 0.453. The van der Waals surface area contributed by atoms with Crippen LogP contribution in [0.5, 0.6) is 0 Å². The van der Waals surface area contributed by atoms with Gasteiger partial charge in [-0.15, -0.1) is 0 Å². The number of hydrogen-bond acceptors (Lipinski definition) is 4. The fourth-order valence-electron chi connectivity index (χ4n) is 2.35. The van der Waals surface area contributed by atoms with E-state index in [1.54, 1.807) is 16.3 Å². The predicted molar refractivity (Wildman–Crippen MR) is 104 cm³/mol. The first-order valence-corrected chi connectivity index (χ1v) is 8.81. The predicted octanol–water partition coefficient (Wildman–Crippen LogP) is 5.55. The van der Waals surface area contributed by atoms with E-state index in [2.05, 4.69) is 31.1 Å². The molecule has 24 heavy (non-hydrogen) atoms. The van der Waals surface area contributed by atoms with Crippen LogP contribution in [0.2, 0.25) is 5.02 Å². The highest BCUT2D eigenvalue weighted by Gasteiger charge is 2.14. The Morgan fingerprint density at radius 1 is 1.08 bits per heavy atom. The van der Waals surface area contributed by atoms with Gasteiger partial charge in [-0.3, -0.25) is 0 Å². The van der Waals surface area contributed by atoms with E-state index in [1.165, 1.54) is 5.56 Å². The summed E-state index contributed by atoms with van der Waals surface area (Å²) in [7, 11) is 1.91. The molecule has 3 nitrogen and oxygen atoms in total. The molecule has 0 spiro atoms. The van der Waals surface area contributed by atoms with Gasteiger partial charge in [0.15, 0.2) is 0 Å². The summed E-state index contributed by atoms with van der Waals surface area (Å²) < 4.78 is 0. The third-order valence-corrected chi connectivity index (χ3v) is 5.12. The number of aromatic nitrogens is 1. The molecule has 2 aromatic carbocycles. The van der Waals surface area contributed by atoms with Crippen LogP contribution in [0.3, 0.4) is 0 Å². The van der Waals surface area contributed by atoms with Crippen molar-refractivity contribution in [2.24, 2.45) is 5.10 Å². The number of halogens is 1. The van der Waals surface area contributed by atoms with Gasteiger partial charge in [0.1, 0.15) is 0 Å². The van der Waals surface area contributed by atoms with Crippen molar-refractivity contribution in [1.29, 1.82) is 0 Å². The minimum absolute atomic E-state index is 0.712. The molecule has 0 fully saturated rings. The number of hydrogen-bond donors (Lipinski definition) is 0. The van der Waals surface area contributed by atoms with E-state index in [9.17, 15) is 0 Å². The largest absolute Gasteiger partial charge is 0.242 e. The molecular formula is C19H18ClN3S. The van der Waals surface area contributed by atoms with E-state index in [0.29, 0.717) is 5.02 Å². The second-order valence-electron chi connectivity index (χ2n) is 5.51. The molecular weight excluding hydrogens is 338 g/mol. The van der Waals surface area contributed by atoms with Crippen molar-refractivity contribution in [3.8, 4) is 11.3 Å². The van der Waals surface area contributed by atoms with Crippen molar-refractivity contribution in [3.05, 3.63) is 69.6 Å². The SMILES string of the molecule is Cc1ccccc1/C=N/N(C)c1nc(-c2ccccc2Cl)c(C)s1. The van der Waals surface area contributed by atoms with E-state index < -0.39 is 0 Å². The zero-order valence-corrected chi connectivity index (χ0v) is 15.4. The van der Waals surface area contributed by atoms with Gasteiger partial charge in [0.05, 0.1) is 11.9 Å². The minimum Gasteiger partial charge on any atom is -0.242 e. The fraction of sp³-hybridized carbons (Fsp3) is 0.158. The van der Waals surface area contributed by atoms with Crippen LogP contribution in [0.4, 0.5) is 5.13 Å². The number of thiazole rings is 1. The van der Waals surface area contributed by atoms with Gasteiger partial charge in [0, 0.05) is 22.5 Å². The van der Waals surface area contributed by atoms with Gasteiger partial charge in [-0.05, 0) is 31.0 Å². The Kier molecular flexibility index (Phi) is 4.97. The van der Waals surface area contributed by atoms with E-state index in [-0.39, 0.29) is 0 Å². The number of aryl methyl sites for hydroxylation is 2. The molecule has 1 heterocycles. The molecule has 1 aromatic heterocycles. The highest BCUT2D eigenvalue weighted by molar-refractivity contribution is 7.16. The summed E-state index contributed by atoms with van der Waals surface area (Å²) in [6.07, 6.45) is 1.86. The van der Waals surface area contributed by atoms with Crippen LogP contribution in [0.15, 0.2) is 53.6 Å². The molecule has 0 saturated heterocycles. The topological polar surface area (TPSA) is 28.5 Å². The van der Waals surface area contributed by atoms with Gasteiger partial charge in [-0.2, -0.15) is 5.10 Å². The van der Waals surface area contributed by atoms with E-state index in [1.807, 2.05) is 49.7 Å². The molecule has 0 atom stereocenters. The number of benzene rings is 2. The molecule has 0 N–H and O–H groups in total. The maximum Gasteiger partial charge on any atom is 0.206 e. The zero-order chi connectivity index (χ0) is 17.1. The van der Waals surface area contributed by atoms with Crippen molar-refractivity contribution >= 4 is 34.3 Å². The Labute approximate surface area is 151 Å². The summed E-state index contributed by atoms with van der Waals surface area (Å²) in [6, 6.07) is 15.9. The Hall–Kier alpha value is -2.17. The van der Waals surface area contributed by atoms with Crippen LogP contribution < -0.4 is 5.01 Å². The van der Waals surface area contributed by atoms with Crippen LogP contribution in [-0.4, -0.2) is 18.2 Å². The molecule has 0 amide bonds. The molecule has 3 aromatic rings. The molecule has 0 radical (unpaired) electrons. The molecule has 5 heteroatoms. The maximum absolute atomic E-state index is 6.30. The van der Waals surface area contributed by atoms with Gasteiger partial charge in [0.2, 0.25) is 5.13 Å². The lowest BCUT2D eigenvalue weighted by Gasteiger charge is -2.08. The standard InChI is InChI=1S/C19H18ClN3S/c1-13-8-4-5-9-15(13)12-21-23(3)19-22-18(14(2)24-19)16-10-6-7-11-17(16)20/h4-12H,1-3H3/b21-12+. The van der Waals surface area contributed by atoms with Crippen LogP contribution >= 0.6 is 22.9 Å². The maximum atomic E-state index is 6.30. The van der Waals surface area contributed by atoms with Crippen molar-refractivity contribution < 1.29 is 0 Å². The number of nitrogens with zero attached hydrogens (tertiary/aromatic N) is 3. The first-order chi connectivity index (χ1) is 11.6. The Balaban J connectivity index is 1.87. The highest BCUT2D eigenvalue weighted by atomic mass is 35.5. The average Bonchev–Trinajstić information content (AvgIpc) is 2.96. The summed E-state index contributed by atoms with van der Waals surface area (Å²) in [6.45, 7) is 4.13. The molecule has 0 aliphatic carbocycles. The highest BCUT2D eigenvalue weighted by Crippen LogP contribution is 2.35. The Bertz CT molecular complexity index is 886. The second-order valence-corrected chi connectivity index (χ2v) is 7.09. The van der Waals surface area contributed by atoms with Crippen LogP contribution in [-0.2, 0) is 0 Å². The van der Waals surface area contributed by atoms with Gasteiger partial charge >= 0.3 is 0 Å². The summed E-state index contributed by atoms with van der Waals surface area (Å²) >= 11 is 7.91. The monoisotopic (exact) mass is 355 g/mol. The van der Waals surface area contributed by atoms with Crippen molar-refractivity contribution in [3.63, 3.8) is 0 Å². The lowest BCUT2D eigenvalue weighted by Crippen LogP contribution is -2.08. The number of rotatable bonds is 4. The summed E-state index contributed by atoms with van der Waals surface area (Å²) in [5.74, 6) is 0. The van der Waals surface area contributed by atoms with E-state index in [0.717, 1.165) is 26.8 Å². The van der Waals surface area contributed by atoms with Crippen LogP contribution in [0.25, 0.3) is 11.3 Å². The van der Waals surface area contributed by atoms with E-state index in [4.69, 9.17) is 16.6 Å². The molecule has 122 valence electrons. The summed E-state index contributed by atoms with van der Waals surface area (Å²) in [5.41, 5.74) is 4.17. The van der Waals surface area contributed by atoms with Crippen molar-refractivity contribution in [2.75, 3.05) is 12.1 Å². The lowest BCUT2D eigenvalue weighted by atomic mass is 10.1. The average molecular weight is 356 g/mol. The molecule has 3 rings (SSSR count). The molecule has 0 bridgehead atoms. The van der Waals surface area contributed by atoms with Gasteiger partial charge in [-0.25, -0.2) is 9.99 Å². The van der Waals surface area contributed by atoms with Gasteiger partial charge in [0.25, 0.3) is 0 Å². The zero-order valence-electron chi connectivity index (χ0n) is 13.8. The first kappa shape index (κ1) is 16.7. The van der Waals surface area contributed by atoms with Gasteiger partial charge in [-0.1, -0.05) is 65.4 Å². The number of anilines is 1. The van der Waals surface area contributed by atoms with Crippen molar-refractivity contribution in [2.45, 2.75) is 13.8 Å². The Morgan fingerprint density at radius 3 is 2.54 bits per heavy atom. The third kappa shape index (κ3) is 3.50. The molecule has 0 unspecified atom stereocenters. The van der Waals surface area contributed by atoms with Crippen LogP contribution in [0, 0.1) is 13.8 Å². The van der Waals surface area contributed by atoms with Crippen LogP contribution in [0.1, 0.15) is 16.0 Å². The molecule has 0 aliphatic rings. The summed E-state index contributed by atoms with van der Waals surface area (Å²) in [5, 5.41) is 7.87. The lowest BCUT2D eigenvalue weighted by molar-refractivity contribution is 1.01. The normalized spacial score (nSPS) is 11.2. The third-order valence-electron chi connectivity index (χ3n) is 3.75. The summed E-state index contributed by atoms with van der Waals surface area (Å²) in [4.78, 5) is 5.84. The number of hydrazone groups is 1. The first-order valence-electron chi connectivity index (χ1n) is 7.62. The Morgan fingerprint density at radius 2 is 1.79 bits per heavy atom. The van der Waals surface area contributed by atoms with Crippen molar-refractivity contribution in [1.82, 2.24) is 4.98 Å². The fourth-order valence-corrected chi connectivity index (χ4v) is 3.42. The van der Waals surface area contributed by atoms with E-state index >= 15 is 0 Å². The second kappa shape index (κ2) is 7.16. The smallest absolute Gasteiger partial charge is 0.206 e. The van der Waals surface area contributed by atoms with Gasteiger partial charge < -0.3 is 0 Å².